The number of benzene rings is 2. The molecule has 0 spiro atoms. The molecule has 126 valence electrons. The molecular formula is C18H19NO5. The van der Waals surface area contributed by atoms with Crippen LogP contribution in [0.4, 0.5) is 5.69 Å². The van der Waals surface area contributed by atoms with E-state index in [4.69, 9.17) is 9.15 Å². The molecule has 0 aliphatic carbocycles. The molecule has 3 rings (SSSR count). The van der Waals surface area contributed by atoms with Gasteiger partial charge in [-0.1, -0.05) is 30.3 Å². The number of aryl methyl sites for hydroxylation is 1. The van der Waals surface area contributed by atoms with Crippen molar-refractivity contribution >= 4 is 22.6 Å². The second kappa shape index (κ2) is 6.90. The molecule has 2 aromatic carbocycles. The van der Waals surface area contributed by atoms with Crippen LogP contribution in [0.15, 0.2) is 45.6 Å². The van der Waals surface area contributed by atoms with Crippen molar-refractivity contribution in [3.8, 4) is 0 Å². The Kier molecular flexibility index (Phi) is 4.69. The normalized spacial score (nSPS) is 11.1. The highest BCUT2D eigenvalue weighted by Crippen LogP contribution is 2.35. The SMILES string of the molecule is Cc1c(C(=O)c2ccccc2)cc(N(CCO)CCO)c2ooc12. The summed E-state index contributed by atoms with van der Waals surface area (Å²) in [6, 6.07) is 10.7. The van der Waals surface area contributed by atoms with Crippen LogP contribution in [0.25, 0.3) is 11.2 Å². The Bertz CT molecular complexity index is 828. The van der Waals surface area contributed by atoms with Gasteiger partial charge < -0.3 is 15.1 Å². The average Bonchev–Trinajstić information content (AvgIpc) is 2.56. The summed E-state index contributed by atoms with van der Waals surface area (Å²) in [6.07, 6.45) is 0. The lowest BCUT2D eigenvalue weighted by Gasteiger charge is -2.24. The molecule has 1 aromatic heterocycles. The number of hydrogen-bond acceptors (Lipinski definition) is 6. The molecule has 0 amide bonds. The largest absolute Gasteiger partial charge is 0.395 e. The van der Waals surface area contributed by atoms with Crippen molar-refractivity contribution in [2.24, 2.45) is 0 Å². The predicted molar refractivity (Wildman–Crippen MR) is 89.5 cm³/mol. The van der Waals surface area contributed by atoms with Crippen LogP contribution < -0.4 is 4.90 Å². The van der Waals surface area contributed by atoms with Gasteiger partial charge in [0.15, 0.2) is 5.78 Å². The van der Waals surface area contributed by atoms with Crippen molar-refractivity contribution in [2.45, 2.75) is 6.92 Å². The van der Waals surface area contributed by atoms with Crippen LogP contribution in [0.5, 0.6) is 0 Å². The van der Waals surface area contributed by atoms with E-state index in [1.165, 1.54) is 0 Å². The topological polar surface area (TPSA) is 87.1 Å². The molecule has 0 saturated carbocycles. The molecule has 0 radical (unpaired) electrons. The second-order valence-corrected chi connectivity index (χ2v) is 5.52. The quantitative estimate of drug-likeness (QED) is 0.511. The van der Waals surface area contributed by atoms with Gasteiger partial charge in [0.1, 0.15) is 0 Å². The number of aliphatic hydroxyl groups is 2. The van der Waals surface area contributed by atoms with Gasteiger partial charge in [-0.3, -0.25) is 13.9 Å². The minimum absolute atomic E-state index is 0.0779. The highest BCUT2D eigenvalue weighted by Gasteiger charge is 2.24. The van der Waals surface area contributed by atoms with Gasteiger partial charge in [-0.05, 0) is 13.0 Å². The number of fused-ring (bicyclic) bond motifs is 1. The van der Waals surface area contributed by atoms with Crippen LogP contribution >= 0.6 is 0 Å². The number of carbonyl (C=O) groups is 1. The summed E-state index contributed by atoms with van der Waals surface area (Å²) in [7, 11) is 0. The molecule has 6 heteroatoms. The van der Waals surface area contributed by atoms with Crippen molar-refractivity contribution < 1.29 is 24.2 Å². The Labute approximate surface area is 138 Å². The van der Waals surface area contributed by atoms with Crippen molar-refractivity contribution in [1.29, 1.82) is 0 Å². The van der Waals surface area contributed by atoms with Gasteiger partial charge in [0.05, 0.1) is 18.9 Å². The molecular weight excluding hydrogens is 310 g/mol. The standard InChI is InChI=1S/C18H19NO5/c1-12-14(16(22)13-5-3-2-4-6-13)11-15(18-17(12)23-24-18)19(7-9-20)8-10-21/h2-6,11,20-21H,7-10H2,1H3. The Morgan fingerprint density at radius 2 is 1.67 bits per heavy atom. The third-order valence-corrected chi connectivity index (χ3v) is 4.03. The van der Waals surface area contributed by atoms with E-state index >= 15 is 0 Å². The molecule has 6 nitrogen and oxygen atoms in total. The Balaban J connectivity index is 2.09. The first-order chi connectivity index (χ1) is 11.7. The number of aliphatic hydroxyl groups excluding tert-OH is 2. The van der Waals surface area contributed by atoms with Crippen LogP contribution in [0.1, 0.15) is 21.5 Å². The lowest BCUT2D eigenvalue weighted by molar-refractivity contribution is 0.0585. The first-order valence-corrected chi connectivity index (χ1v) is 7.76. The van der Waals surface area contributed by atoms with Crippen LogP contribution in [0, 0.1) is 6.92 Å². The van der Waals surface area contributed by atoms with E-state index in [2.05, 4.69) is 0 Å². The van der Waals surface area contributed by atoms with Crippen molar-refractivity contribution in [2.75, 3.05) is 31.2 Å². The fraction of sp³-hybridized carbons (Fsp3) is 0.278. The maximum absolute atomic E-state index is 12.8. The zero-order valence-electron chi connectivity index (χ0n) is 13.4. The summed E-state index contributed by atoms with van der Waals surface area (Å²) in [6.45, 7) is 2.29. The highest BCUT2D eigenvalue weighted by molar-refractivity contribution is 6.13. The number of anilines is 1. The van der Waals surface area contributed by atoms with Crippen LogP contribution in [0.3, 0.4) is 0 Å². The Morgan fingerprint density at radius 3 is 2.21 bits per heavy atom. The minimum Gasteiger partial charge on any atom is -0.395 e. The van der Waals surface area contributed by atoms with Gasteiger partial charge in [0.2, 0.25) is 11.2 Å². The molecule has 0 atom stereocenters. The molecule has 0 aliphatic rings. The molecule has 2 N–H and O–H groups in total. The van der Waals surface area contributed by atoms with E-state index in [1.54, 1.807) is 23.1 Å². The summed E-state index contributed by atoms with van der Waals surface area (Å²) in [5.74, 6) is -0.111. The molecule has 24 heavy (non-hydrogen) atoms. The monoisotopic (exact) mass is 329 g/mol. The van der Waals surface area contributed by atoms with Crippen LogP contribution in [-0.4, -0.2) is 42.3 Å². The predicted octanol–water partition coefficient (Wildman–Crippen LogP) is 2.36. The number of hydrogen-bond donors (Lipinski definition) is 2. The van der Waals surface area contributed by atoms with Gasteiger partial charge in [0.25, 0.3) is 0 Å². The molecule has 3 aromatic rings. The van der Waals surface area contributed by atoms with Crippen molar-refractivity contribution in [3.63, 3.8) is 0 Å². The van der Waals surface area contributed by atoms with Gasteiger partial charge in [-0.15, -0.1) is 0 Å². The fourth-order valence-corrected chi connectivity index (χ4v) is 2.76. The maximum atomic E-state index is 12.8. The van der Waals surface area contributed by atoms with E-state index in [-0.39, 0.29) is 19.0 Å². The van der Waals surface area contributed by atoms with Gasteiger partial charge in [-0.25, -0.2) is 0 Å². The zero-order chi connectivity index (χ0) is 17.1. The maximum Gasteiger partial charge on any atom is 0.249 e. The van der Waals surface area contributed by atoms with E-state index in [0.29, 0.717) is 46.6 Å². The molecule has 0 fully saturated rings. The number of carbonyl (C=O) groups excluding carboxylic acids is 1. The third-order valence-electron chi connectivity index (χ3n) is 4.03. The molecule has 1 heterocycles. The molecule has 0 aliphatic heterocycles. The first kappa shape index (κ1) is 16.3. The lowest BCUT2D eigenvalue weighted by Crippen LogP contribution is -2.30. The number of ketones is 1. The second-order valence-electron chi connectivity index (χ2n) is 5.52. The van der Waals surface area contributed by atoms with E-state index in [1.807, 2.05) is 25.1 Å². The van der Waals surface area contributed by atoms with Gasteiger partial charge >= 0.3 is 0 Å². The van der Waals surface area contributed by atoms with E-state index in [0.717, 1.165) is 0 Å². The van der Waals surface area contributed by atoms with Crippen LogP contribution in [-0.2, 0) is 0 Å². The summed E-state index contributed by atoms with van der Waals surface area (Å²) in [5, 5.41) is 18.5. The lowest BCUT2D eigenvalue weighted by atomic mass is 9.97. The van der Waals surface area contributed by atoms with Crippen LogP contribution in [0.2, 0.25) is 0 Å². The number of rotatable bonds is 7. The summed E-state index contributed by atoms with van der Waals surface area (Å²) >= 11 is 0. The third kappa shape index (κ3) is 2.81. The number of nitrogens with zero attached hydrogens (tertiary/aromatic N) is 1. The Hall–Kier alpha value is -2.57. The van der Waals surface area contributed by atoms with Gasteiger partial charge in [-0.2, -0.15) is 0 Å². The highest BCUT2D eigenvalue weighted by atomic mass is 17.0. The first-order valence-electron chi connectivity index (χ1n) is 7.76. The van der Waals surface area contributed by atoms with Crippen molar-refractivity contribution in [3.05, 3.63) is 53.1 Å². The van der Waals surface area contributed by atoms with Crippen molar-refractivity contribution in [1.82, 2.24) is 0 Å². The summed E-state index contributed by atoms with van der Waals surface area (Å²) in [4.78, 5) is 14.6. The molecule has 0 saturated heterocycles. The molecule has 0 bridgehead atoms. The smallest absolute Gasteiger partial charge is 0.249 e. The molecule has 0 unspecified atom stereocenters. The summed E-state index contributed by atoms with van der Waals surface area (Å²) < 4.78 is 10.2. The van der Waals surface area contributed by atoms with E-state index < -0.39 is 0 Å². The zero-order valence-corrected chi connectivity index (χ0v) is 13.4. The average molecular weight is 329 g/mol. The van der Waals surface area contributed by atoms with E-state index in [9.17, 15) is 15.0 Å². The summed E-state index contributed by atoms with van der Waals surface area (Å²) in [5.41, 5.74) is 3.49. The Morgan fingerprint density at radius 1 is 1.04 bits per heavy atom. The van der Waals surface area contributed by atoms with Gasteiger partial charge in [0, 0.05) is 29.8 Å². The fourth-order valence-electron chi connectivity index (χ4n) is 2.76. The minimum atomic E-state index is -0.111.